The molecular weight excluding hydrogens is 357 g/mol. The Hall–Kier alpha value is -1.84. The zero-order valence-electron chi connectivity index (χ0n) is 14.5. The molecule has 0 aliphatic rings. The summed E-state index contributed by atoms with van der Waals surface area (Å²) in [7, 11) is 0. The van der Waals surface area contributed by atoms with Gasteiger partial charge in [-0.3, -0.25) is 9.79 Å². The van der Waals surface area contributed by atoms with E-state index in [-0.39, 0.29) is 12.4 Å². The van der Waals surface area contributed by atoms with Gasteiger partial charge in [0.15, 0.2) is 0 Å². The number of carbonyl (C=O) groups is 1. The third-order valence-electron chi connectivity index (χ3n) is 3.25. The lowest BCUT2D eigenvalue weighted by atomic mass is 10.0. The molecule has 0 heterocycles. The summed E-state index contributed by atoms with van der Waals surface area (Å²) in [4.78, 5) is 16.8. The maximum atomic E-state index is 12.3. The van der Waals surface area contributed by atoms with Crippen LogP contribution >= 0.6 is 23.2 Å². The molecule has 0 fully saturated rings. The molecule has 0 aliphatic heterocycles. The number of hydrogen-bond donors (Lipinski definition) is 0. The first-order chi connectivity index (χ1) is 11.7. The second-order valence-electron chi connectivity index (χ2n) is 6.70. The Morgan fingerprint density at radius 1 is 1.12 bits per heavy atom. The Kier molecular flexibility index (Phi) is 6.63. The number of halogens is 2. The van der Waals surface area contributed by atoms with Crippen molar-refractivity contribution >= 4 is 35.4 Å². The molecule has 1 unspecified atom stereocenters. The first-order valence-electron chi connectivity index (χ1n) is 7.99. The van der Waals surface area contributed by atoms with E-state index in [4.69, 9.17) is 27.9 Å². The first-order valence-corrected chi connectivity index (χ1v) is 8.74. The van der Waals surface area contributed by atoms with Gasteiger partial charge in [0, 0.05) is 16.3 Å². The fourth-order valence-electron chi connectivity index (χ4n) is 2.28. The Bertz CT molecular complexity index is 732. The van der Waals surface area contributed by atoms with Gasteiger partial charge in [-0.05, 0) is 50.1 Å². The fourth-order valence-corrected chi connectivity index (χ4v) is 2.82. The molecule has 2 rings (SSSR count). The summed E-state index contributed by atoms with van der Waals surface area (Å²) < 4.78 is 5.42. The van der Waals surface area contributed by atoms with Crippen LogP contribution in [0.3, 0.4) is 0 Å². The van der Waals surface area contributed by atoms with Crippen LogP contribution in [-0.4, -0.2) is 17.8 Å². The maximum Gasteiger partial charge on any atom is 0.308 e. The largest absolute Gasteiger partial charge is 0.460 e. The number of nitrogens with zero attached hydrogens (tertiary/aromatic N) is 1. The van der Waals surface area contributed by atoms with Crippen molar-refractivity contribution < 1.29 is 9.53 Å². The summed E-state index contributed by atoms with van der Waals surface area (Å²) >= 11 is 12.2. The van der Waals surface area contributed by atoms with Gasteiger partial charge in [-0.2, -0.15) is 0 Å². The van der Waals surface area contributed by atoms with Crippen molar-refractivity contribution in [2.75, 3.05) is 0 Å². The highest BCUT2D eigenvalue weighted by Gasteiger charge is 2.21. The molecule has 0 bridgehead atoms. The molecule has 0 amide bonds. The Labute approximate surface area is 158 Å². The van der Waals surface area contributed by atoms with Crippen LogP contribution in [0, 0.1) is 0 Å². The summed E-state index contributed by atoms with van der Waals surface area (Å²) in [6, 6.07) is 14.4. The Balaban J connectivity index is 2.27. The number of aliphatic imine (C=N–C) groups is 1. The highest BCUT2D eigenvalue weighted by Crippen LogP contribution is 2.29. The second kappa shape index (κ2) is 8.50. The predicted molar refractivity (Wildman–Crippen MR) is 104 cm³/mol. The molecule has 0 saturated carbocycles. The molecular formula is C20H21Cl2NO2. The SMILES string of the molecule is CC(C)(C)OC(=O)CC(N=Cc1ccccc1)c1cc(Cl)cc(Cl)c1. The smallest absolute Gasteiger partial charge is 0.308 e. The van der Waals surface area contributed by atoms with Crippen molar-refractivity contribution in [3.63, 3.8) is 0 Å². The third-order valence-corrected chi connectivity index (χ3v) is 3.69. The molecule has 0 N–H and O–H groups in total. The van der Waals surface area contributed by atoms with E-state index in [9.17, 15) is 4.79 Å². The van der Waals surface area contributed by atoms with Crippen molar-refractivity contribution in [3.05, 3.63) is 69.7 Å². The van der Waals surface area contributed by atoms with Gasteiger partial charge in [0.05, 0.1) is 12.5 Å². The van der Waals surface area contributed by atoms with Gasteiger partial charge in [-0.25, -0.2) is 0 Å². The average Bonchev–Trinajstić information content (AvgIpc) is 2.49. The van der Waals surface area contributed by atoms with Gasteiger partial charge in [-0.1, -0.05) is 53.5 Å². The predicted octanol–water partition coefficient (Wildman–Crippen LogP) is 5.89. The average molecular weight is 378 g/mol. The highest BCUT2D eigenvalue weighted by molar-refractivity contribution is 6.34. The molecule has 5 heteroatoms. The van der Waals surface area contributed by atoms with E-state index in [0.29, 0.717) is 10.0 Å². The van der Waals surface area contributed by atoms with Gasteiger partial charge >= 0.3 is 5.97 Å². The van der Waals surface area contributed by atoms with E-state index in [1.165, 1.54) is 0 Å². The number of benzene rings is 2. The fraction of sp³-hybridized carbons (Fsp3) is 0.300. The number of esters is 1. The molecule has 0 radical (unpaired) electrons. The molecule has 1 atom stereocenters. The van der Waals surface area contributed by atoms with Gasteiger partial charge in [-0.15, -0.1) is 0 Å². The lowest BCUT2D eigenvalue weighted by Crippen LogP contribution is -2.24. The zero-order valence-corrected chi connectivity index (χ0v) is 16.0. The van der Waals surface area contributed by atoms with Gasteiger partial charge < -0.3 is 4.74 Å². The summed E-state index contributed by atoms with van der Waals surface area (Å²) in [5.41, 5.74) is 1.18. The molecule has 25 heavy (non-hydrogen) atoms. The van der Waals surface area contributed by atoms with Gasteiger partial charge in [0.25, 0.3) is 0 Å². The standard InChI is InChI=1S/C20H21Cl2NO2/c1-20(2,3)25-19(24)12-18(15-9-16(21)11-17(22)10-15)23-13-14-7-5-4-6-8-14/h4-11,13,18H,12H2,1-3H3. The van der Waals surface area contributed by atoms with E-state index in [1.54, 1.807) is 24.4 Å². The topological polar surface area (TPSA) is 38.7 Å². The van der Waals surface area contributed by atoms with Crippen molar-refractivity contribution in [3.8, 4) is 0 Å². The number of hydrogen-bond acceptors (Lipinski definition) is 3. The van der Waals surface area contributed by atoms with Crippen LogP contribution in [0.2, 0.25) is 10.0 Å². The van der Waals surface area contributed by atoms with Crippen LogP contribution in [0.15, 0.2) is 53.5 Å². The summed E-state index contributed by atoms with van der Waals surface area (Å²) in [6.07, 6.45) is 1.85. The summed E-state index contributed by atoms with van der Waals surface area (Å²) in [5, 5.41) is 1.01. The monoisotopic (exact) mass is 377 g/mol. The van der Waals surface area contributed by atoms with Gasteiger partial charge in [0.1, 0.15) is 5.60 Å². The Morgan fingerprint density at radius 2 is 1.72 bits per heavy atom. The Morgan fingerprint density at radius 3 is 2.28 bits per heavy atom. The molecule has 0 aliphatic carbocycles. The van der Waals surface area contributed by atoms with Crippen molar-refractivity contribution in [1.29, 1.82) is 0 Å². The lowest BCUT2D eigenvalue weighted by molar-refractivity contribution is -0.155. The quantitative estimate of drug-likeness (QED) is 0.481. The number of carbonyl (C=O) groups excluding carboxylic acids is 1. The van der Waals surface area contributed by atoms with Crippen LogP contribution < -0.4 is 0 Å². The number of ether oxygens (including phenoxy) is 1. The van der Waals surface area contributed by atoms with Crippen LogP contribution in [0.25, 0.3) is 0 Å². The van der Waals surface area contributed by atoms with Crippen molar-refractivity contribution in [2.45, 2.75) is 38.8 Å². The van der Waals surface area contributed by atoms with E-state index in [0.717, 1.165) is 11.1 Å². The normalized spacial score (nSPS) is 13.0. The lowest BCUT2D eigenvalue weighted by Gasteiger charge is -2.21. The highest BCUT2D eigenvalue weighted by atomic mass is 35.5. The van der Waals surface area contributed by atoms with E-state index >= 15 is 0 Å². The van der Waals surface area contributed by atoms with Crippen LogP contribution in [0.5, 0.6) is 0 Å². The van der Waals surface area contributed by atoms with E-state index in [1.807, 2.05) is 51.1 Å². The second-order valence-corrected chi connectivity index (χ2v) is 7.57. The van der Waals surface area contributed by atoms with Gasteiger partial charge in [0.2, 0.25) is 0 Å². The van der Waals surface area contributed by atoms with Crippen molar-refractivity contribution in [1.82, 2.24) is 0 Å². The summed E-state index contributed by atoms with van der Waals surface area (Å²) in [5.74, 6) is -0.321. The maximum absolute atomic E-state index is 12.3. The minimum atomic E-state index is -0.545. The summed E-state index contributed by atoms with van der Waals surface area (Å²) in [6.45, 7) is 5.51. The molecule has 2 aromatic carbocycles. The number of rotatable bonds is 5. The van der Waals surface area contributed by atoms with Crippen LogP contribution in [0.4, 0.5) is 0 Å². The van der Waals surface area contributed by atoms with Crippen LogP contribution in [0.1, 0.15) is 44.4 Å². The molecule has 0 aromatic heterocycles. The van der Waals surface area contributed by atoms with Crippen molar-refractivity contribution in [2.24, 2.45) is 4.99 Å². The zero-order chi connectivity index (χ0) is 18.4. The molecule has 132 valence electrons. The van der Waals surface area contributed by atoms with Crippen LogP contribution in [-0.2, 0) is 9.53 Å². The molecule has 3 nitrogen and oxygen atoms in total. The van der Waals surface area contributed by atoms with E-state index in [2.05, 4.69) is 4.99 Å². The molecule has 0 saturated heterocycles. The minimum absolute atomic E-state index is 0.108. The van der Waals surface area contributed by atoms with E-state index < -0.39 is 11.6 Å². The molecule has 0 spiro atoms. The first kappa shape index (κ1) is 19.5. The molecule has 2 aromatic rings. The minimum Gasteiger partial charge on any atom is -0.460 e. The third kappa shape index (κ3) is 6.89.